The van der Waals surface area contributed by atoms with Crippen LogP contribution in [-0.2, 0) is 42.9 Å². The van der Waals surface area contributed by atoms with Crippen LogP contribution in [0.1, 0.15) is 12.8 Å². The van der Waals surface area contributed by atoms with Gasteiger partial charge in [-0.05, 0) is 36.4 Å². The van der Waals surface area contributed by atoms with Crippen LogP contribution in [0.2, 0.25) is 0 Å². The van der Waals surface area contributed by atoms with Gasteiger partial charge in [-0.2, -0.15) is 25.3 Å². The van der Waals surface area contributed by atoms with Crippen LogP contribution < -0.4 is 0 Å². The Kier molecular flexibility index (Phi) is 7.40. The second-order valence-corrected chi connectivity index (χ2v) is 12.5. The van der Waals surface area contributed by atoms with E-state index in [-0.39, 0.29) is 27.5 Å². The van der Waals surface area contributed by atoms with E-state index in [0.717, 1.165) is 0 Å². The van der Waals surface area contributed by atoms with Crippen LogP contribution in [0.5, 0.6) is 0 Å². The van der Waals surface area contributed by atoms with Crippen molar-refractivity contribution in [1.82, 2.24) is 0 Å². The molecule has 2 atom stereocenters. The molecule has 0 aliphatic heterocycles. The first-order chi connectivity index (χ1) is 16.6. The molecule has 0 radical (unpaired) electrons. The molecule has 0 saturated heterocycles. The van der Waals surface area contributed by atoms with E-state index in [4.69, 9.17) is 12.5 Å². The molecule has 2 unspecified atom stereocenters. The molecule has 0 spiro atoms. The molecule has 1 fully saturated rings. The van der Waals surface area contributed by atoms with Crippen LogP contribution in [0, 0.1) is 0 Å². The fourth-order valence-corrected chi connectivity index (χ4v) is 7.01. The molecule has 9 nitrogen and oxygen atoms in total. The summed E-state index contributed by atoms with van der Waals surface area (Å²) < 4.78 is 92.5. The first kappa shape index (κ1) is 25.5. The maximum Gasteiger partial charge on any atom is 0.297 e. The standard InChI is InChI=1S/C23H22O9S3/c24-33(25,19-10-4-1-5-11-19)30-18-16-22(31-34(26,27)20-12-6-2-7-13-20)23(17-18)32-35(28,29)21-14-8-3-9-15-21/h1-15,18,22-23H,16-17H2. The molecule has 0 heterocycles. The van der Waals surface area contributed by atoms with Gasteiger partial charge in [0.1, 0.15) is 12.2 Å². The zero-order chi connectivity index (χ0) is 25.1. The van der Waals surface area contributed by atoms with Gasteiger partial charge in [-0.25, -0.2) is 0 Å². The molecular weight excluding hydrogens is 516 g/mol. The van der Waals surface area contributed by atoms with Gasteiger partial charge in [-0.15, -0.1) is 0 Å². The van der Waals surface area contributed by atoms with Crippen molar-refractivity contribution in [3.05, 3.63) is 91.0 Å². The average molecular weight is 539 g/mol. The van der Waals surface area contributed by atoms with Crippen molar-refractivity contribution in [3.63, 3.8) is 0 Å². The second-order valence-electron chi connectivity index (χ2n) is 7.76. The van der Waals surface area contributed by atoms with Crippen LogP contribution >= 0.6 is 0 Å². The van der Waals surface area contributed by atoms with Crippen molar-refractivity contribution in [2.24, 2.45) is 0 Å². The van der Waals surface area contributed by atoms with Crippen molar-refractivity contribution in [1.29, 1.82) is 0 Å². The molecule has 186 valence electrons. The van der Waals surface area contributed by atoms with Crippen LogP contribution in [-0.4, -0.2) is 43.6 Å². The first-order valence-electron chi connectivity index (χ1n) is 10.5. The Hall–Kier alpha value is -2.61. The zero-order valence-corrected chi connectivity index (χ0v) is 20.7. The van der Waals surface area contributed by atoms with Gasteiger partial charge < -0.3 is 0 Å². The Morgan fingerprint density at radius 3 is 1.06 bits per heavy atom. The van der Waals surface area contributed by atoms with Crippen LogP contribution in [0.3, 0.4) is 0 Å². The van der Waals surface area contributed by atoms with Crippen LogP contribution in [0.15, 0.2) is 106 Å². The molecule has 0 N–H and O–H groups in total. The van der Waals surface area contributed by atoms with Crippen molar-refractivity contribution in [2.75, 3.05) is 0 Å². The van der Waals surface area contributed by atoms with E-state index in [1.54, 1.807) is 18.2 Å². The summed E-state index contributed by atoms with van der Waals surface area (Å²) >= 11 is 0. The van der Waals surface area contributed by atoms with E-state index in [0.29, 0.717) is 0 Å². The third-order valence-electron chi connectivity index (χ3n) is 5.26. The summed E-state index contributed by atoms with van der Waals surface area (Å²) in [4.78, 5) is -0.354. The predicted molar refractivity (Wildman–Crippen MR) is 125 cm³/mol. The highest BCUT2D eigenvalue weighted by molar-refractivity contribution is 7.87. The minimum absolute atomic E-state index is 0.0874. The van der Waals surface area contributed by atoms with Crippen LogP contribution in [0.4, 0.5) is 0 Å². The molecule has 1 aliphatic carbocycles. The first-order valence-corrected chi connectivity index (χ1v) is 14.7. The van der Waals surface area contributed by atoms with Gasteiger partial charge in [0.25, 0.3) is 30.4 Å². The van der Waals surface area contributed by atoms with Gasteiger partial charge in [0.15, 0.2) is 0 Å². The number of hydrogen-bond donors (Lipinski definition) is 0. The van der Waals surface area contributed by atoms with Crippen molar-refractivity contribution < 1.29 is 37.8 Å². The second kappa shape index (κ2) is 10.2. The Morgan fingerprint density at radius 2 is 0.743 bits per heavy atom. The van der Waals surface area contributed by atoms with E-state index in [2.05, 4.69) is 0 Å². The molecule has 1 saturated carbocycles. The minimum atomic E-state index is -4.30. The topological polar surface area (TPSA) is 130 Å². The zero-order valence-electron chi connectivity index (χ0n) is 18.2. The molecule has 35 heavy (non-hydrogen) atoms. The fraction of sp³-hybridized carbons (Fsp3) is 0.217. The van der Waals surface area contributed by atoms with Gasteiger partial charge in [-0.1, -0.05) is 54.6 Å². The monoisotopic (exact) mass is 538 g/mol. The van der Waals surface area contributed by atoms with E-state index >= 15 is 0 Å². The highest BCUT2D eigenvalue weighted by Gasteiger charge is 2.44. The third-order valence-corrected chi connectivity index (χ3v) is 9.34. The fourth-order valence-electron chi connectivity index (χ4n) is 3.63. The maximum atomic E-state index is 12.8. The highest BCUT2D eigenvalue weighted by Crippen LogP contribution is 2.34. The molecule has 3 aromatic carbocycles. The lowest BCUT2D eigenvalue weighted by atomic mass is 10.3. The summed E-state index contributed by atoms with van der Waals surface area (Å²) in [6.45, 7) is 0. The van der Waals surface area contributed by atoms with Crippen LogP contribution in [0.25, 0.3) is 0 Å². The smallest absolute Gasteiger partial charge is 0.263 e. The minimum Gasteiger partial charge on any atom is -0.263 e. The summed E-state index contributed by atoms with van der Waals surface area (Å²) in [6, 6.07) is 22.0. The maximum absolute atomic E-state index is 12.8. The van der Waals surface area contributed by atoms with Gasteiger partial charge in [-0.3, -0.25) is 12.5 Å². The number of hydrogen-bond acceptors (Lipinski definition) is 9. The Morgan fingerprint density at radius 1 is 0.457 bits per heavy atom. The van der Waals surface area contributed by atoms with E-state index < -0.39 is 48.7 Å². The van der Waals surface area contributed by atoms with Gasteiger partial charge in [0, 0.05) is 12.8 Å². The summed E-state index contributed by atoms with van der Waals surface area (Å²) in [7, 11) is -12.8. The highest BCUT2D eigenvalue weighted by atomic mass is 32.2. The summed E-state index contributed by atoms with van der Waals surface area (Å²) in [5, 5.41) is 0. The summed E-state index contributed by atoms with van der Waals surface area (Å²) in [5.41, 5.74) is 0. The molecule has 12 heteroatoms. The van der Waals surface area contributed by atoms with E-state index in [9.17, 15) is 25.3 Å². The average Bonchev–Trinajstić information content (AvgIpc) is 3.19. The molecule has 3 aromatic rings. The summed E-state index contributed by atoms with van der Waals surface area (Å²) in [5.74, 6) is 0. The molecular formula is C23H22O9S3. The quantitative estimate of drug-likeness (QED) is 0.377. The molecule has 1 aliphatic rings. The van der Waals surface area contributed by atoms with Gasteiger partial charge in [0.2, 0.25) is 0 Å². The Bertz CT molecular complexity index is 1380. The number of benzene rings is 3. The largest absolute Gasteiger partial charge is 0.297 e. The van der Waals surface area contributed by atoms with Crippen molar-refractivity contribution in [2.45, 2.75) is 45.8 Å². The Balaban J connectivity index is 1.60. The molecule has 4 rings (SSSR count). The van der Waals surface area contributed by atoms with E-state index in [1.807, 2.05) is 0 Å². The Labute approximate surface area is 204 Å². The third kappa shape index (κ3) is 6.15. The molecule has 0 aromatic heterocycles. The lowest BCUT2D eigenvalue weighted by Gasteiger charge is -2.19. The van der Waals surface area contributed by atoms with Gasteiger partial charge in [0.05, 0.1) is 20.8 Å². The normalized spacial score (nSPS) is 21.1. The summed E-state index contributed by atoms with van der Waals surface area (Å²) in [6.07, 6.45) is -4.16. The van der Waals surface area contributed by atoms with Crippen molar-refractivity contribution >= 4 is 30.4 Å². The lowest BCUT2D eigenvalue weighted by Crippen LogP contribution is -2.30. The van der Waals surface area contributed by atoms with Gasteiger partial charge >= 0.3 is 0 Å². The predicted octanol–water partition coefficient (Wildman–Crippen LogP) is 3.10. The molecule has 0 bridgehead atoms. The SMILES string of the molecule is O=S(=O)(OC1CC(OS(=O)(=O)c2ccccc2)C(OS(=O)(=O)c2ccccc2)C1)c1ccccc1. The number of rotatable bonds is 9. The van der Waals surface area contributed by atoms with E-state index in [1.165, 1.54) is 72.8 Å². The molecule has 0 amide bonds. The lowest BCUT2D eigenvalue weighted by molar-refractivity contribution is 0.0871. The van der Waals surface area contributed by atoms with Crippen molar-refractivity contribution in [3.8, 4) is 0 Å².